The number of rotatable bonds is 4. The van der Waals surface area contributed by atoms with E-state index in [-0.39, 0.29) is 16.9 Å². The van der Waals surface area contributed by atoms with E-state index in [1.807, 2.05) is 0 Å². The van der Waals surface area contributed by atoms with E-state index >= 15 is 0 Å². The fourth-order valence-electron chi connectivity index (χ4n) is 13.1. The monoisotopic (exact) mass is 466 g/mol. The number of piperidine rings is 2. The van der Waals surface area contributed by atoms with Crippen LogP contribution < -0.4 is 0 Å². The number of likely N-dealkylation sites (tertiary alicyclic amines) is 2. The number of aliphatic hydroxyl groups excluding tert-OH is 1. The van der Waals surface area contributed by atoms with Crippen molar-refractivity contribution < 1.29 is 5.11 Å². The Kier molecular flexibility index (Phi) is 4.54. The Morgan fingerprint density at radius 2 is 0.794 bits per heavy atom. The van der Waals surface area contributed by atoms with Crippen LogP contribution in [0.3, 0.4) is 0 Å². The average Bonchev–Trinajstić information content (AvgIpc) is 2.77. The van der Waals surface area contributed by atoms with Crippen molar-refractivity contribution in [1.82, 2.24) is 9.80 Å². The van der Waals surface area contributed by atoms with E-state index in [2.05, 4.69) is 23.6 Å². The number of aliphatic hydroxyl groups is 1. The topological polar surface area (TPSA) is 26.7 Å². The summed E-state index contributed by atoms with van der Waals surface area (Å²) < 4.78 is 0. The summed E-state index contributed by atoms with van der Waals surface area (Å²) >= 11 is 0. The summed E-state index contributed by atoms with van der Waals surface area (Å²) in [6, 6.07) is 0. The third-order valence-electron chi connectivity index (χ3n) is 13.9. The quantitative estimate of drug-likeness (QED) is 0.575. The minimum Gasteiger partial charge on any atom is -0.392 e. The van der Waals surface area contributed by atoms with Crippen LogP contribution in [0.1, 0.15) is 104 Å². The van der Waals surface area contributed by atoms with Crippen molar-refractivity contribution in [1.29, 1.82) is 0 Å². The zero-order valence-electron chi connectivity index (χ0n) is 22.1. The molecule has 3 heteroatoms. The van der Waals surface area contributed by atoms with Crippen LogP contribution in [-0.2, 0) is 0 Å². The molecule has 34 heavy (non-hydrogen) atoms. The summed E-state index contributed by atoms with van der Waals surface area (Å²) in [5.41, 5.74) is 1.13. The van der Waals surface area contributed by atoms with Crippen molar-refractivity contribution in [3.63, 3.8) is 0 Å². The highest BCUT2D eigenvalue weighted by atomic mass is 16.3. The van der Waals surface area contributed by atoms with Crippen molar-refractivity contribution in [3.05, 3.63) is 0 Å². The highest BCUT2D eigenvalue weighted by Crippen LogP contribution is 2.63. The van der Waals surface area contributed by atoms with Crippen LogP contribution in [0.2, 0.25) is 0 Å². The Balaban J connectivity index is 1.15. The first-order valence-electron chi connectivity index (χ1n) is 15.6. The van der Waals surface area contributed by atoms with Crippen LogP contribution in [0.25, 0.3) is 0 Å². The SMILES string of the molecule is CCC12CN(C34CC5CC(CC(C5)C3)C4)CC(CC)(CN(C34CC5CC(CC(C5)C3)C4)C1)C2O. The van der Waals surface area contributed by atoms with Gasteiger partial charge in [0.15, 0.2) is 0 Å². The summed E-state index contributed by atoms with van der Waals surface area (Å²) in [5.74, 6) is 6.06. The molecule has 10 fully saturated rings. The smallest absolute Gasteiger partial charge is 0.0701 e. The van der Waals surface area contributed by atoms with Gasteiger partial charge in [0.1, 0.15) is 0 Å². The molecule has 2 aliphatic heterocycles. The Bertz CT molecular complexity index is 698. The van der Waals surface area contributed by atoms with Crippen LogP contribution in [-0.4, -0.2) is 58.3 Å². The average molecular weight is 467 g/mol. The van der Waals surface area contributed by atoms with Gasteiger partial charge in [0.05, 0.1) is 6.10 Å². The molecule has 0 unspecified atom stereocenters. The summed E-state index contributed by atoms with van der Waals surface area (Å²) in [6.45, 7) is 9.58. The molecule has 2 heterocycles. The lowest BCUT2D eigenvalue weighted by atomic mass is 9.49. The molecule has 0 aromatic heterocycles. The third-order valence-corrected chi connectivity index (χ3v) is 13.9. The number of hydrogen-bond donors (Lipinski definition) is 1. The second-order valence-corrected chi connectivity index (χ2v) is 15.8. The maximum atomic E-state index is 12.1. The van der Waals surface area contributed by atoms with Crippen molar-refractivity contribution in [2.45, 2.75) is 121 Å². The molecule has 1 N–H and O–H groups in total. The highest BCUT2D eigenvalue weighted by Gasteiger charge is 2.66. The summed E-state index contributed by atoms with van der Waals surface area (Å²) in [7, 11) is 0. The fraction of sp³-hybridized carbons (Fsp3) is 1.00. The molecule has 190 valence electrons. The zero-order chi connectivity index (χ0) is 22.9. The van der Waals surface area contributed by atoms with Gasteiger partial charge in [-0.15, -0.1) is 0 Å². The van der Waals surface area contributed by atoms with Crippen LogP contribution in [0, 0.1) is 46.3 Å². The summed E-state index contributed by atoms with van der Waals surface area (Å²) in [4.78, 5) is 6.13. The maximum Gasteiger partial charge on any atom is 0.0701 e. The van der Waals surface area contributed by atoms with E-state index in [1.165, 1.54) is 103 Å². The molecule has 0 spiro atoms. The molecule has 8 saturated carbocycles. The second kappa shape index (κ2) is 7.04. The molecule has 0 amide bonds. The molecule has 3 nitrogen and oxygen atoms in total. The van der Waals surface area contributed by atoms with Gasteiger partial charge in [-0.25, -0.2) is 0 Å². The van der Waals surface area contributed by atoms with Gasteiger partial charge in [0.2, 0.25) is 0 Å². The van der Waals surface area contributed by atoms with Gasteiger partial charge in [-0.05, 0) is 125 Å². The summed E-state index contributed by atoms with van der Waals surface area (Å²) in [6.07, 6.45) is 20.3. The molecular weight excluding hydrogens is 416 g/mol. The Labute approximate surface area is 208 Å². The normalized spacial score (nSPS) is 60.3. The van der Waals surface area contributed by atoms with E-state index in [9.17, 15) is 5.11 Å². The molecule has 8 aliphatic carbocycles. The van der Waals surface area contributed by atoms with E-state index < -0.39 is 0 Å². The molecule has 0 aromatic rings. The lowest BCUT2D eigenvalue weighted by Crippen LogP contribution is -2.78. The van der Waals surface area contributed by atoms with Crippen LogP contribution in [0.15, 0.2) is 0 Å². The van der Waals surface area contributed by atoms with E-state index in [0.717, 1.165) is 48.3 Å². The largest absolute Gasteiger partial charge is 0.392 e. The Morgan fingerprint density at radius 1 is 0.529 bits per heavy atom. The van der Waals surface area contributed by atoms with Gasteiger partial charge in [-0.1, -0.05) is 13.8 Å². The summed E-state index contributed by atoms with van der Waals surface area (Å²) in [5, 5.41) is 12.1. The van der Waals surface area contributed by atoms with Gasteiger partial charge in [-0.2, -0.15) is 0 Å². The fourth-order valence-corrected chi connectivity index (χ4v) is 13.1. The second-order valence-electron chi connectivity index (χ2n) is 15.8. The van der Waals surface area contributed by atoms with Gasteiger partial charge < -0.3 is 5.11 Å². The van der Waals surface area contributed by atoms with Crippen molar-refractivity contribution in [2.24, 2.45) is 46.3 Å². The van der Waals surface area contributed by atoms with E-state index in [1.54, 1.807) is 0 Å². The van der Waals surface area contributed by atoms with Gasteiger partial charge in [-0.3, -0.25) is 9.80 Å². The number of hydrogen-bond acceptors (Lipinski definition) is 3. The van der Waals surface area contributed by atoms with Crippen molar-refractivity contribution >= 4 is 0 Å². The maximum absolute atomic E-state index is 12.1. The van der Waals surface area contributed by atoms with Crippen LogP contribution >= 0.6 is 0 Å². The molecule has 0 aromatic carbocycles. The van der Waals surface area contributed by atoms with Gasteiger partial charge >= 0.3 is 0 Å². The predicted octanol–water partition coefficient (Wildman–Crippen LogP) is 5.71. The van der Waals surface area contributed by atoms with Crippen LogP contribution in [0.4, 0.5) is 0 Å². The third kappa shape index (κ3) is 2.82. The van der Waals surface area contributed by atoms with E-state index in [4.69, 9.17) is 0 Å². The van der Waals surface area contributed by atoms with Gasteiger partial charge in [0, 0.05) is 48.1 Å². The highest BCUT2D eigenvalue weighted by molar-refractivity contribution is 5.19. The minimum atomic E-state index is -0.106. The molecule has 10 bridgehead atoms. The first-order valence-corrected chi connectivity index (χ1v) is 15.6. The molecule has 0 atom stereocenters. The molecular formula is C31H50N2O. The number of nitrogens with zero attached hydrogens (tertiary/aromatic N) is 2. The van der Waals surface area contributed by atoms with Crippen LogP contribution in [0.5, 0.6) is 0 Å². The van der Waals surface area contributed by atoms with Crippen molar-refractivity contribution in [3.8, 4) is 0 Å². The number of fused-ring (bicyclic) bond motifs is 2. The minimum absolute atomic E-state index is 0.0825. The molecule has 0 radical (unpaired) electrons. The molecule has 10 rings (SSSR count). The first-order chi connectivity index (χ1) is 16.4. The lowest BCUT2D eigenvalue weighted by molar-refractivity contribution is -0.246. The molecule has 2 saturated heterocycles. The predicted molar refractivity (Wildman–Crippen MR) is 136 cm³/mol. The zero-order valence-corrected chi connectivity index (χ0v) is 22.1. The van der Waals surface area contributed by atoms with E-state index in [0.29, 0.717) is 11.1 Å². The lowest BCUT2D eigenvalue weighted by Gasteiger charge is -2.71. The first kappa shape index (κ1) is 21.9. The molecule has 10 aliphatic rings. The van der Waals surface area contributed by atoms with Crippen molar-refractivity contribution in [2.75, 3.05) is 26.2 Å². The Hall–Kier alpha value is -0.120. The Morgan fingerprint density at radius 3 is 1.03 bits per heavy atom. The standard InChI is InChI=1S/C31H50N2O/c1-3-28-17-32(30-11-21-5-22(12-30)7-23(6-21)13-30)19-29(4-2,27(28)34)20-33(18-28)31-14-24-8-25(15-31)10-26(9-24)16-31/h21-27,34H,3-20H2,1-2H3. The van der Waals surface area contributed by atoms with Gasteiger partial charge in [0.25, 0.3) is 0 Å².